The first-order valence-corrected chi connectivity index (χ1v) is 6.23. The van der Waals surface area contributed by atoms with Crippen molar-refractivity contribution in [2.24, 2.45) is 5.92 Å². The fourth-order valence-corrected chi connectivity index (χ4v) is 1.76. The van der Waals surface area contributed by atoms with Crippen LogP contribution in [-0.2, 0) is 0 Å². The summed E-state index contributed by atoms with van der Waals surface area (Å²) < 4.78 is 2.25. The van der Waals surface area contributed by atoms with Crippen molar-refractivity contribution in [3.05, 3.63) is 17.7 Å². The second-order valence-corrected chi connectivity index (χ2v) is 5.06. The van der Waals surface area contributed by atoms with Gasteiger partial charge in [-0.2, -0.15) is 0 Å². The predicted molar refractivity (Wildman–Crippen MR) is 68.7 cm³/mol. The van der Waals surface area contributed by atoms with E-state index in [2.05, 4.69) is 49.5 Å². The van der Waals surface area contributed by atoms with E-state index in [4.69, 9.17) is 0 Å². The molecule has 0 spiro atoms. The molecule has 0 aromatic carbocycles. The zero-order valence-electron chi connectivity index (χ0n) is 11.2. The Morgan fingerprint density at radius 2 is 2.00 bits per heavy atom. The van der Waals surface area contributed by atoms with Crippen LogP contribution >= 0.6 is 0 Å². The van der Waals surface area contributed by atoms with Crippen LogP contribution in [0.1, 0.15) is 44.6 Å². The normalized spacial score (nSPS) is 13.4. The molecule has 1 rings (SSSR count). The highest BCUT2D eigenvalue weighted by Gasteiger charge is 2.08. The Kier molecular flexibility index (Phi) is 5.00. The van der Waals surface area contributed by atoms with E-state index < -0.39 is 0 Å². The summed E-state index contributed by atoms with van der Waals surface area (Å²) in [5.41, 5.74) is 2.41. The number of rotatable bonds is 6. The number of hydrogen-bond donors (Lipinski definition) is 1. The van der Waals surface area contributed by atoms with E-state index >= 15 is 0 Å². The van der Waals surface area contributed by atoms with E-state index in [1.165, 1.54) is 12.1 Å². The first-order valence-electron chi connectivity index (χ1n) is 6.23. The van der Waals surface area contributed by atoms with Gasteiger partial charge in [0.15, 0.2) is 0 Å². The van der Waals surface area contributed by atoms with Crippen molar-refractivity contribution in [1.29, 1.82) is 0 Å². The molecule has 1 aromatic heterocycles. The van der Waals surface area contributed by atoms with Crippen molar-refractivity contribution < 1.29 is 0 Å². The van der Waals surface area contributed by atoms with Crippen molar-refractivity contribution in [2.75, 3.05) is 13.1 Å². The van der Waals surface area contributed by atoms with Gasteiger partial charge in [-0.3, -0.25) is 0 Å². The van der Waals surface area contributed by atoms with Crippen molar-refractivity contribution in [3.63, 3.8) is 0 Å². The topological polar surface area (TPSA) is 29.9 Å². The summed E-state index contributed by atoms with van der Waals surface area (Å²) >= 11 is 0. The Bertz CT molecular complexity index is 315. The van der Waals surface area contributed by atoms with Crippen LogP contribution < -0.4 is 5.32 Å². The Labute approximate surface area is 99.3 Å². The van der Waals surface area contributed by atoms with Gasteiger partial charge in [-0.1, -0.05) is 13.8 Å². The minimum absolute atomic E-state index is 0.480. The molecule has 1 N–H and O–H groups in total. The summed E-state index contributed by atoms with van der Waals surface area (Å²) in [6.07, 6.45) is 3.19. The molecule has 1 aromatic rings. The van der Waals surface area contributed by atoms with Crippen LogP contribution in [0.5, 0.6) is 0 Å². The molecule has 1 heterocycles. The van der Waals surface area contributed by atoms with Gasteiger partial charge < -0.3 is 9.88 Å². The molecule has 92 valence electrons. The SMILES string of the molecule is Cc1ncn(C(C)CNCCC(C)C)c1C. The van der Waals surface area contributed by atoms with Crippen LogP contribution in [0.2, 0.25) is 0 Å². The average Bonchev–Trinajstić information content (AvgIpc) is 2.54. The van der Waals surface area contributed by atoms with E-state index in [0.717, 1.165) is 24.7 Å². The number of nitrogens with zero attached hydrogens (tertiary/aromatic N) is 2. The van der Waals surface area contributed by atoms with Crippen LogP contribution in [0.3, 0.4) is 0 Å². The maximum absolute atomic E-state index is 4.33. The molecule has 1 atom stereocenters. The lowest BCUT2D eigenvalue weighted by Crippen LogP contribution is -2.25. The molecule has 3 nitrogen and oxygen atoms in total. The predicted octanol–water partition coefficient (Wildman–Crippen LogP) is 2.70. The molecule has 3 heteroatoms. The zero-order chi connectivity index (χ0) is 12.1. The van der Waals surface area contributed by atoms with Gasteiger partial charge in [-0.25, -0.2) is 4.98 Å². The Morgan fingerprint density at radius 3 is 2.50 bits per heavy atom. The summed E-state index contributed by atoms with van der Waals surface area (Å²) in [6, 6.07) is 0.480. The van der Waals surface area contributed by atoms with Crippen molar-refractivity contribution >= 4 is 0 Å². The van der Waals surface area contributed by atoms with Crippen LogP contribution in [0, 0.1) is 19.8 Å². The third-order valence-electron chi connectivity index (χ3n) is 3.10. The van der Waals surface area contributed by atoms with E-state index in [9.17, 15) is 0 Å². The van der Waals surface area contributed by atoms with Crippen LogP contribution in [0.25, 0.3) is 0 Å². The van der Waals surface area contributed by atoms with Crippen LogP contribution in [-0.4, -0.2) is 22.6 Å². The Balaban J connectivity index is 2.35. The molecule has 0 amide bonds. The summed E-state index contributed by atoms with van der Waals surface area (Å²) in [7, 11) is 0. The number of imidazole rings is 1. The molecule has 16 heavy (non-hydrogen) atoms. The first-order chi connectivity index (χ1) is 7.52. The fraction of sp³-hybridized carbons (Fsp3) is 0.769. The highest BCUT2D eigenvalue weighted by atomic mass is 15.1. The second kappa shape index (κ2) is 6.04. The Morgan fingerprint density at radius 1 is 1.31 bits per heavy atom. The molecule has 0 saturated heterocycles. The summed E-state index contributed by atoms with van der Waals surface area (Å²) in [5, 5.41) is 3.50. The average molecular weight is 223 g/mol. The fourth-order valence-electron chi connectivity index (χ4n) is 1.76. The first kappa shape index (κ1) is 13.2. The summed E-state index contributed by atoms with van der Waals surface area (Å²) in [5.74, 6) is 0.778. The molecular weight excluding hydrogens is 198 g/mol. The smallest absolute Gasteiger partial charge is 0.0954 e. The van der Waals surface area contributed by atoms with E-state index in [0.29, 0.717) is 6.04 Å². The molecule has 1 unspecified atom stereocenters. The van der Waals surface area contributed by atoms with Gasteiger partial charge in [0.25, 0.3) is 0 Å². The maximum Gasteiger partial charge on any atom is 0.0954 e. The van der Waals surface area contributed by atoms with Gasteiger partial charge in [0, 0.05) is 18.3 Å². The van der Waals surface area contributed by atoms with Crippen LogP contribution in [0.15, 0.2) is 6.33 Å². The molecule has 0 saturated carbocycles. The largest absolute Gasteiger partial charge is 0.331 e. The molecule has 0 aliphatic rings. The molecule has 0 fully saturated rings. The van der Waals surface area contributed by atoms with E-state index in [1.54, 1.807) is 0 Å². The van der Waals surface area contributed by atoms with E-state index in [1.807, 2.05) is 6.33 Å². The highest BCUT2D eigenvalue weighted by molar-refractivity contribution is 5.09. The van der Waals surface area contributed by atoms with Gasteiger partial charge >= 0.3 is 0 Å². The summed E-state index contributed by atoms with van der Waals surface area (Å²) in [4.78, 5) is 4.33. The van der Waals surface area contributed by atoms with Crippen molar-refractivity contribution in [1.82, 2.24) is 14.9 Å². The highest BCUT2D eigenvalue weighted by Crippen LogP contribution is 2.11. The minimum Gasteiger partial charge on any atom is -0.331 e. The summed E-state index contributed by atoms with van der Waals surface area (Å²) in [6.45, 7) is 13.1. The standard InChI is InChI=1S/C13H25N3/c1-10(2)6-7-14-8-11(3)16-9-15-12(4)13(16)5/h9-11,14H,6-8H2,1-5H3. The lowest BCUT2D eigenvalue weighted by molar-refractivity contribution is 0.462. The lowest BCUT2D eigenvalue weighted by atomic mass is 10.1. The molecule has 0 bridgehead atoms. The van der Waals surface area contributed by atoms with Crippen LogP contribution in [0.4, 0.5) is 0 Å². The third kappa shape index (κ3) is 3.63. The maximum atomic E-state index is 4.33. The quantitative estimate of drug-likeness (QED) is 0.751. The monoisotopic (exact) mass is 223 g/mol. The molecule has 0 radical (unpaired) electrons. The van der Waals surface area contributed by atoms with Gasteiger partial charge in [0.2, 0.25) is 0 Å². The van der Waals surface area contributed by atoms with Gasteiger partial charge in [0.1, 0.15) is 0 Å². The van der Waals surface area contributed by atoms with E-state index in [-0.39, 0.29) is 0 Å². The number of nitrogens with one attached hydrogen (secondary N) is 1. The number of hydrogen-bond acceptors (Lipinski definition) is 2. The van der Waals surface area contributed by atoms with Gasteiger partial charge in [0.05, 0.1) is 12.0 Å². The van der Waals surface area contributed by atoms with Crippen molar-refractivity contribution in [2.45, 2.75) is 47.1 Å². The second-order valence-electron chi connectivity index (χ2n) is 5.06. The Hall–Kier alpha value is -0.830. The third-order valence-corrected chi connectivity index (χ3v) is 3.10. The minimum atomic E-state index is 0.480. The van der Waals surface area contributed by atoms with Gasteiger partial charge in [-0.05, 0) is 39.7 Å². The number of aryl methyl sites for hydroxylation is 1. The molecule has 0 aliphatic carbocycles. The molecule has 0 aliphatic heterocycles. The number of aromatic nitrogens is 2. The van der Waals surface area contributed by atoms with Gasteiger partial charge in [-0.15, -0.1) is 0 Å². The molecular formula is C13H25N3. The van der Waals surface area contributed by atoms with Crippen molar-refractivity contribution in [3.8, 4) is 0 Å². The lowest BCUT2D eigenvalue weighted by Gasteiger charge is -2.16. The zero-order valence-corrected chi connectivity index (χ0v) is 11.2.